The van der Waals surface area contributed by atoms with Crippen LogP contribution in [-0.2, 0) is 4.74 Å². The number of benzene rings is 1. The Morgan fingerprint density at radius 3 is 2.63 bits per heavy atom. The molecule has 0 saturated carbocycles. The van der Waals surface area contributed by atoms with Crippen LogP contribution in [0.5, 0.6) is 0 Å². The fourth-order valence-corrected chi connectivity index (χ4v) is 2.74. The normalized spacial score (nSPS) is 25.4. The molecule has 1 aromatic carbocycles. The highest BCUT2D eigenvalue weighted by atomic mass is 16.5. The molecule has 19 heavy (non-hydrogen) atoms. The number of hydrogen-bond acceptors (Lipinski definition) is 3. The van der Waals surface area contributed by atoms with Gasteiger partial charge in [0, 0.05) is 31.9 Å². The smallest absolute Gasteiger partial charge is 0.0772 e. The standard InChI is InChI=1S/C16H26N2O/c1-4-15(17)13-5-7-14(8-6-13)18-10-9-12(2)16(11-18)19-3/h5-8,12,15-16H,4,9-11,17H2,1-3H3/t12?,15-,16?/m0/s1. The van der Waals surface area contributed by atoms with Crippen molar-refractivity contribution in [3.8, 4) is 0 Å². The predicted octanol–water partition coefficient (Wildman–Crippen LogP) is 2.96. The molecule has 0 aromatic heterocycles. The van der Waals surface area contributed by atoms with Crippen molar-refractivity contribution < 1.29 is 4.74 Å². The zero-order chi connectivity index (χ0) is 13.8. The van der Waals surface area contributed by atoms with Crippen LogP contribution in [0.4, 0.5) is 5.69 Å². The van der Waals surface area contributed by atoms with Crippen LogP contribution in [0.2, 0.25) is 0 Å². The SMILES string of the molecule is CC[C@H](N)c1ccc(N2CCC(C)C(OC)C2)cc1. The summed E-state index contributed by atoms with van der Waals surface area (Å²) in [6, 6.07) is 8.84. The van der Waals surface area contributed by atoms with Crippen molar-refractivity contribution in [2.24, 2.45) is 11.7 Å². The summed E-state index contributed by atoms with van der Waals surface area (Å²) in [6.07, 6.45) is 2.51. The number of anilines is 1. The Morgan fingerprint density at radius 2 is 2.05 bits per heavy atom. The molecule has 2 rings (SSSR count). The van der Waals surface area contributed by atoms with E-state index < -0.39 is 0 Å². The maximum Gasteiger partial charge on any atom is 0.0772 e. The van der Waals surface area contributed by atoms with Gasteiger partial charge in [0.25, 0.3) is 0 Å². The van der Waals surface area contributed by atoms with E-state index in [2.05, 4.69) is 43.0 Å². The first kappa shape index (κ1) is 14.4. The van der Waals surface area contributed by atoms with Crippen LogP contribution in [0.25, 0.3) is 0 Å². The first-order chi connectivity index (χ1) is 9.15. The molecule has 1 fully saturated rings. The minimum atomic E-state index is 0.155. The van der Waals surface area contributed by atoms with Gasteiger partial charge in [0.2, 0.25) is 0 Å². The number of hydrogen-bond donors (Lipinski definition) is 1. The van der Waals surface area contributed by atoms with E-state index in [4.69, 9.17) is 10.5 Å². The van der Waals surface area contributed by atoms with E-state index >= 15 is 0 Å². The van der Waals surface area contributed by atoms with E-state index in [1.807, 2.05) is 7.11 Å². The van der Waals surface area contributed by atoms with Crippen molar-refractivity contribution in [1.29, 1.82) is 0 Å². The van der Waals surface area contributed by atoms with Gasteiger partial charge in [-0.05, 0) is 36.5 Å². The maximum absolute atomic E-state index is 6.05. The van der Waals surface area contributed by atoms with Crippen LogP contribution in [0.1, 0.15) is 38.3 Å². The van der Waals surface area contributed by atoms with E-state index in [0.29, 0.717) is 12.0 Å². The Labute approximate surface area is 116 Å². The van der Waals surface area contributed by atoms with Gasteiger partial charge < -0.3 is 15.4 Å². The van der Waals surface area contributed by atoms with Gasteiger partial charge >= 0.3 is 0 Å². The fraction of sp³-hybridized carbons (Fsp3) is 0.625. The zero-order valence-corrected chi connectivity index (χ0v) is 12.3. The lowest BCUT2D eigenvalue weighted by molar-refractivity contribution is 0.0498. The lowest BCUT2D eigenvalue weighted by Crippen LogP contribution is -2.43. The number of ether oxygens (including phenoxy) is 1. The number of nitrogens with zero attached hydrogens (tertiary/aromatic N) is 1. The van der Waals surface area contributed by atoms with Gasteiger partial charge in [-0.25, -0.2) is 0 Å². The minimum absolute atomic E-state index is 0.155. The molecular formula is C16H26N2O. The Balaban J connectivity index is 2.06. The van der Waals surface area contributed by atoms with Gasteiger partial charge in [-0.3, -0.25) is 0 Å². The number of methoxy groups -OCH3 is 1. The highest BCUT2D eigenvalue weighted by molar-refractivity contribution is 5.48. The van der Waals surface area contributed by atoms with E-state index in [9.17, 15) is 0 Å². The molecule has 2 N–H and O–H groups in total. The third-order valence-corrected chi connectivity index (χ3v) is 4.32. The van der Waals surface area contributed by atoms with Crippen LogP contribution in [-0.4, -0.2) is 26.3 Å². The molecule has 1 heterocycles. The summed E-state index contributed by atoms with van der Waals surface area (Å²) in [7, 11) is 1.81. The van der Waals surface area contributed by atoms with E-state index in [0.717, 1.165) is 19.5 Å². The Morgan fingerprint density at radius 1 is 1.37 bits per heavy atom. The van der Waals surface area contributed by atoms with Crippen LogP contribution in [0, 0.1) is 5.92 Å². The minimum Gasteiger partial charge on any atom is -0.379 e. The third-order valence-electron chi connectivity index (χ3n) is 4.32. The molecule has 1 aliphatic rings. The van der Waals surface area contributed by atoms with Crippen LogP contribution >= 0.6 is 0 Å². The summed E-state index contributed by atoms with van der Waals surface area (Å²) < 4.78 is 5.57. The van der Waals surface area contributed by atoms with Crippen molar-refractivity contribution in [2.75, 3.05) is 25.1 Å². The molecule has 1 aromatic rings. The molecule has 3 atom stereocenters. The second-order valence-electron chi connectivity index (χ2n) is 5.59. The van der Waals surface area contributed by atoms with E-state index in [1.165, 1.54) is 17.7 Å². The number of piperidine rings is 1. The van der Waals surface area contributed by atoms with Crippen LogP contribution in [0.15, 0.2) is 24.3 Å². The first-order valence-electron chi connectivity index (χ1n) is 7.29. The summed E-state index contributed by atoms with van der Waals surface area (Å²) in [5, 5.41) is 0. The molecule has 0 amide bonds. The van der Waals surface area contributed by atoms with Gasteiger partial charge in [0.15, 0.2) is 0 Å². The summed E-state index contributed by atoms with van der Waals surface area (Å²) in [4.78, 5) is 2.41. The zero-order valence-electron chi connectivity index (χ0n) is 12.3. The average Bonchev–Trinajstić information content (AvgIpc) is 2.47. The van der Waals surface area contributed by atoms with E-state index in [-0.39, 0.29) is 6.04 Å². The van der Waals surface area contributed by atoms with Gasteiger partial charge in [-0.2, -0.15) is 0 Å². The summed E-state index contributed by atoms with van der Waals surface area (Å²) in [5.41, 5.74) is 8.55. The number of rotatable bonds is 4. The maximum atomic E-state index is 6.05. The quantitative estimate of drug-likeness (QED) is 0.906. The molecule has 0 radical (unpaired) electrons. The highest BCUT2D eigenvalue weighted by Gasteiger charge is 2.26. The first-order valence-corrected chi connectivity index (χ1v) is 7.29. The number of nitrogens with two attached hydrogens (primary N) is 1. The van der Waals surface area contributed by atoms with Gasteiger partial charge in [-0.1, -0.05) is 26.0 Å². The molecule has 1 aliphatic heterocycles. The van der Waals surface area contributed by atoms with Crippen LogP contribution < -0.4 is 10.6 Å². The molecule has 3 heteroatoms. The van der Waals surface area contributed by atoms with Crippen LogP contribution in [0.3, 0.4) is 0 Å². The molecular weight excluding hydrogens is 236 g/mol. The van der Waals surface area contributed by atoms with Gasteiger partial charge in [-0.15, -0.1) is 0 Å². The molecule has 1 saturated heterocycles. The summed E-state index contributed by atoms with van der Waals surface area (Å²) in [5.74, 6) is 0.647. The molecule has 3 nitrogen and oxygen atoms in total. The molecule has 0 bridgehead atoms. The lowest BCUT2D eigenvalue weighted by atomic mass is 9.95. The van der Waals surface area contributed by atoms with Crippen molar-refractivity contribution >= 4 is 5.69 Å². The van der Waals surface area contributed by atoms with Gasteiger partial charge in [0.05, 0.1) is 6.10 Å². The monoisotopic (exact) mass is 262 g/mol. The van der Waals surface area contributed by atoms with Crippen molar-refractivity contribution in [3.63, 3.8) is 0 Å². The molecule has 0 spiro atoms. The fourth-order valence-electron chi connectivity index (χ4n) is 2.74. The van der Waals surface area contributed by atoms with Crippen molar-refractivity contribution in [2.45, 2.75) is 38.8 Å². The molecule has 0 aliphatic carbocycles. The van der Waals surface area contributed by atoms with E-state index in [1.54, 1.807) is 0 Å². The highest BCUT2D eigenvalue weighted by Crippen LogP contribution is 2.26. The predicted molar refractivity (Wildman–Crippen MR) is 80.5 cm³/mol. The second-order valence-corrected chi connectivity index (χ2v) is 5.59. The topological polar surface area (TPSA) is 38.5 Å². The Hall–Kier alpha value is -1.06. The Bertz CT molecular complexity index is 390. The van der Waals surface area contributed by atoms with Gasteiger partial charge in [0.1, 0.15) is 0 Å². The molecule has 2 unspecified atom stereocenters. The largest absolute Gasteiger partial charge is 0.379 e. The average molecular weight is 262 g/mol. The lowest BCUT2D eigenvalue weighted by Gasteiger charge is -2.37. The second kappa shape index (κ2) is 6.40. The Kier molecular flexibility index (Phi) is 4.83. The summed E-state index contributed by atoms with van der Waals surface area (Å²) >= 11 is 0. The third kappa shape index (κ3) is 3.28. The molecule has 106 valence electrons. The van der Waals surface area contributed by atoms with Crippen molar-refractivity contribution in [1.82, 2.24) is 0 Å². The summed E-state index contributed by atoms with van der Waals surface area (Å²) in [6.45, 7) is 6.49. The van der Waals surface area contributed by atoms with Crippen molar-refractivity contribution in [3.05, 3.63) is 29.8 Å².